The molecule has 5 nitrogen and oxygen atoms in total. The van der Waals surface area contributed by atoms with Crippen LogP contribution < -0.4 is 5.56 Å². The third-order valence-electron chi connectivity index (χ3n) is 4.37. The molecule has 132 valence electrons. The molecule has 0 radical (unpaired) electrons. The number of benzene rings is 2. The Bertz CT molecular complexity index is 1200. The van der Waals surface area contributed by atoms with Crippen molar-refractivity contribution >= 4 is 39.8 Å². The maximum Gasteiger partial charge on any atom is 0.261 e. The fourth-order valence-electron chi connectivity index (χ4n) is 3.16. The van der Waals surface area contributed by atoms with Crippen LogP contribution in [0.3, 0.4) is 0 Å². The zero-order valence-electron chi connectivity index (χ0n) is 13.9. The molecule has 2 heterocycles. The number of aliphatic hydroxyl groups excluding tert-OH is 1. The summed E-state index contributed by atoms with van der Waals surface area (Å²) in [6, 6.07) is 14.0. The van der Waals surface area contributed by atoms with Crippen LogP contribution in [0.1, 0.15) is 17.4 Å². The molecule has 0 amide bonds. The summed E-state index contributed by atoms with van der Waals surface area (Å²) in [6.45, 7) is 1.90. The van der Waals surface area contributed by atoms with Gasteiger partial charge in [0.15, 0.2) is 0 Å². The van der Waals surface area contributed by atoms with Crippen LogP contribution in [-0.2, 0) is 6.54 Å². The molecule has 1 N–H and O–H groups in total. The minimum Gasteiger partial charge on any atom is -0.386 e. The molecule has 0 aliphatic heterocycles. The molecule has 2 aromatic heterocycles. The Morgan fingerprint density at radius 1 is 1.15 bits per heavy atom. The van der Waals surface area contributed by atoms with Crippen LogP contribution in [0.25, 0.3) is 16.6 Å². The van der Waals surface area contributed by atoms with Crippen LogP contribution in [0.15, 0.2) is 53.3 Å². The van der Waals surface area contributed by atoms with Crippen LogP contribution in [0.2, 0.25) is 10.0 Å². The van der Waals surface area contributed by atoms with E-state index in [9.17, 15) is 9.90 Å². The number of hydrogen-bond donors (Lipinski definition) is 1. The third-order valence-corrected chi connectivity index (χ3v) is 4.95. The summed E-state index contributed by atoms with van der Waals surface area (Å²) in [5.41, 5.74) is 2.42. The van der Waals surface area contributed by atoms with E-state index in [1.807, 2.05) is 25.1 Å². The lowest BCUT2D eigenvalue weighted by Gasteiger charge is -2.16. The standard InChI is InChI=1S/C19H15Cl2N3O2/c1-11-8-18-23(10-17(25)14-9-12(20)6-7-15(14)21)19(26)13-4-2-3-5-16(13)24(18)22-11/h2-9,17,25H,10H2,1H3. The maximum atomic E-state index is 13.0. The molecule has 1 unspecified atom stereocenters. The Balaban J connectivity index is 1.91. The smallest absolute Gasteiger partial charge is 0.261 e. The average Bonchev–Trinajstić information content (AvgIpc) is 3.02. The molecular formula is C19H15Cl2N3O2. The van der Waals surface area contributed by atoms with E-state index < -0.39 is 6.10 Å². The van der Waals surface area contributed by atoms with Gasteiger partial charge in [-0.05, 0) is 37.3 Å². The first-order chi connectivity index (χ1) is 12.5. The van der Waals surface area contributed by atoms with Gasteiger partial charge in [0.2, 0.25) is 0 Å². The quantitative estimate of drug-likeness (QED) is 0.577. The van der Waals surface area contributed by atoms with Gasteiger partial charge in [-0.1, -0.05) is 35.3 Å². The van der Waals surface area contributed by atoms with E-state index in [-0.39, 0.29) is 12.1 Å². The lowest BCUT2D eigenvalue weighted by Crippen LogP contribution is -2.25. The molecule has 7 heteroatoms. The van der Waals surface area contributed by atoms with Crippen LogP contribution in [0.4, 0.5) is 0 Å². The van der Waals surface area contributed by atoms with Gasteiger partial charge in [0.1, 0.15) is 5.65 Å². The minimum atomic E-state index is -0.987. The molecule has 4 rings (SSSR count). The average molecular weight is 388 g/mol. The molecule has 0 aliphatic carbocycles. The van der Waals surface area contributed by atoms with Gasteiger partial charge in [-0.15, -0.1) is 0 Å². The highest BCUT2D eigenvalue weighted by Crippen LogP contribution is 2.28. The Hall–Kier alpha value is -2.34. The van der Waals surface area contributed by atoms with Crippen molar-refractivity contribution in [2.45, 2.75) is 19.6 Å². The van der Waals surface area contributed by atoms with Gasteiger partial charge in [-0.25, -0.2) is 4.52 Å². The zero-order valence-corrected chi connectivity index (χ0v) is 15.4. The minimum absolute atomic E-state index is 0.0400. The fraction of sp³-hybridized carbons (Fsp3) is 0.158. The van der Waals surface area contributed by atoms with Gasteiger partial charge in [-0.3, -0.25) is 9.36 Å². The molecule has 0 fully saturated rings. The second-order valence-corrected chi connectivity index (χ2v) is 7.01. The number of aliphatic hydroxyl groups is 1. The second-order valence-electron chi connectivity index (χ2n) is 6.17. The first-order valence-corrected chi connectivity index (χ1v) is 8.82. The third kappa shape index (κ3) is 2.78. The summed E-state index contributed by atoms with van der Waals surface area (Å²) in [7, 11) is 0. The Morgan fingerprint density at radius 2 is 1.92 bits per heavy atom. The molecular weight excluding hydrogens is 373 g/mol. The Labute approximate surface area is 159 Å². The molecule has 0 saturated carbocycles. The Morgan fingerprint density at radius 3 is 2.73 bits per heavy atom. The van der Waals surface area contributed by atoms with E-state index in [0.717, 1.165) is 11.2 Å². The van der Waals surface area contributed by atoms with E-state index in [1.165, 1.54) is 4.57 Å². The van der Waals surface area contributed by atoms with Crippen molar-refractivity contribution in [3.8, 4) is 0 Å². The number of aromatic nitrogens is 3. The van der Waals surface area contributed by atoms with E-state index in [2.05, 4.69) is 5.10 Å². The van der Waals surface area contributed by atoms with Crippen LogP contribution in [0.5, 0.6) is 0 Å². The van der Waals surface area contributed by atoms with Gasteiger partial charge in [-0.2, -0.15) is 5.10 Å². The number of nitrogens with zero attached hydrogens (tertiary/aromatic N) is 3. The predicted octanol–water partition coefficient (Wildman–Crippen LogP) is 4.00. The van der Waals surface area contributed by atoms with Crippen molar-refractivity contribution in [2.75, 3.05) is 0 Å². The predicted molar refractivity (Wildman–Crippen MR) is 103 cm³/mol. The summed E-state index contributed by atoms with van der Waals surface area (Å²) >= 11 is 12.2. The van der Waals surface area contributed by atoms with Crippen LogP contribution in [-0.4, -0.2) is 19.3 Å². The summed E-state index contributed by atoms with van der Waals surface area (Å²) in [5, 5.41) is 16.6. The van der Waals surface area contributed by atoms with E-state index in [1.54, 1.807) is 34.8 Å². The number of halogens is 2. The van der Waals surface area contributed by atoms with Crippen LogP contribution >= 0.6 is 23.2 Å². The molecule has 2 aromatic carbocycles. The second kappa shape index (κ2) is 6.43. The summed E-state index contributed by atoms with van der Waals surface area (Å²) in [5.74, 6) is 0. The van der Waals surface area contributed by atoms with Crippen molar-refractivity contribution in [1.29, 1.82) is 0 Å². The number of para-hydroxylation sites is 1. The molecule has 0 aliphatic rings. The van der Waals surface area contributed by atoms with Crippen molar-refractivity contribution in [3.05, 3.63) is 80.2 Å². The lowest BCUT2D eigenvalue weighted by atomic mass is 10.1. The van der Waals surface area contributed by atoms with Crippen molar-refractivity contribution in [2.24, 2.45) is 0 Å². The maximum absolute atomic E-state index is 13.0. The van der Waals surface area contributed by atoms with E-state index in [4.69, 9.17) is 23.2 Å². The van der Waals surface area contributed by atoms with Crippen molar-refractivity contribution in [1.82, 2.24) is 14.2 Å². The first kappa shape index (κ1) is 17.1. The van der Waals surface area contributed by atoms with E-state index >= 15 is 0 Å². The summed E-state index contributed by atoms with van der Waals surface area (Å²) in [4.78, 5) is 13.0. The Kier molecular flexibility index (Phi) is 4.23. The number of aryl methyl sites for hydroxylation is 1. The monoisotopic (exact) mass is 387 g/mol. The molecule has 1 atom stereocenters. The van der Waals surface area contributed by atoms with Crippen molar-refractivity contribution < 1.29 is 5.11 Å². The van der Waals surface area contributed by atoms with Gasteiger partial charge >= 0.3 is 0 Å². The summed E-state index contributed by atoms with van der Waals surface area (Å²) in [6.07, 6.45) is -0.987. The van der Waals surface area contributed by atoms with Gasteiger partial charge in [0.05, 0.1) is 29.2 Å². The van der Waals surface area contributed by atoms with Gasteiger partial charge in [0.25, 0.3) is 5.56 Å². The van der Waals surface area contributed by atoms with Crippen molar-refractivity contribution in [3.63, 3.8) is 0 Å². The molecule has 4 aromatic rings. The largest absolute Gasteiger partial charge is 0.386 e. The van der Waals surface area contributed by atoms with E-state index in [0.29, 0.717) is 26.6 Å². The normalized spacial score (nSPS) is 12.8. The number of fused-ring (bicyclic) bond motifs is 3. The highest BCUT2D eigenvalue weighted by Gasteiger charge is 2.18. The lowest BCUT2D eigenvalue weighted by molar-refractivity contribution is 0.156. The zero-order chi connectivity index (χ0) is 18.4. The molecule has 0 spiro atoms. The molecule has 0 bridgehead atoms. The number of hydrogen-bond acceptors (Lipinski definition) is 3. The number of rotatable bonds is 3. The fourth-order valence-corrected chi connectivity index (χ4v) is 3.59. The van der Waals surface area contributed by atoms with Crippen LogP contribution in [0, 0.1) is 6.92 Å². The van der Waals surface area contributed by atoms with Gasteiger partial charge < -0.3 is 5.11 Å². The van der Waals surface area contributed by atoms with Gasteiger partial charge in [0, 0.05) is 21.7 Å². The molecule has 0 saturated heterocycles. The highest BCUT2D eigenvalue weighted by molar-refractivity contribution is 6.33. The summed E-state index contributed by atoms with van der Waals surface area (Å²) < 4.78 is 3.24. The first-order valence-electron chi connectivity index (χ1n) is 8.06. The highest BCUT2D eigenvalue weighted by atomic mass is 35.5. The SMILES string of the molecule is Cc1cc2n(CC(O)c3cc(Cl)ccc3Cl)c(=O)c3ccccc3n2n1. The topological polar surface area (TPSA) is 59.5 Å². The molecule has 26 heavy (non-hydrogen) atoms.